The van der Waals surface area contributed by atoms with Gasteiger partial charge in [-0.2, -0.15) is 0 Å². The van der Waals surface area contributed by atoms with E-state index in [0.29, 0.717) is 18.7 Å². The maximum Gasteiger partial charge on any atom is 0.306 e. The van der Waals surface area contributed by atoms with Crippen LogP contribution < -0.4 is 5.32 Å². The molecule has 0 radical (unpaired) electrons. The summed E-state index contributed by atoms with van der Waals surface area (Å²) in [7, 11) is 0. The third-order valence-electron chi connectivity index (χ3n) is 1.47. The number of nitrogens with one attached hydrogen (secondary N) is 1. The van der Waals surface area contributed by atoms with Gasteiger partial charge in [0, 0.05) is 12.1 Å². The van der Waals surface area contributed by atoms with Crippen LogP contribution in [0.15, 0.2) is 0 Å². The first-order valence-electron chi connectivity index (χ1n) is 5.01. The summed E-state index contributed by atoms with van der Waals surface area (Å²) in [6.45, 7) is 9.24. The molecule has 1 atom stereocenters. The Balaban J connectivity index is 0.000000241. The zero-order valence-corrected chi connectivity index (χ0v) is 9.41. The molecule has 0 unspecified atom stereocenters. The van der Waals surface area contributed by atoms with Gasteiger partial charge in [0.2, 0.25) is 0 Å². The van der Waals surface area contributed by atoms with Crippen molar-refractivity contribution >= 4 is 5.97 Å². The number of carboxylic acids is 1. The van der Waals surface area contributed by atoms with Gasteiger partial charge in [-0.3, -0.25) is 4.79 Å². The zero-order chi connectivity index (χ0) is 11.1. The third kappa shape index (κ3) is 11.4. The summed E-state index contributed by atoms with van der Waals surface area (Å²) in [6, 6.07) is 1.25. The molecule has 1 saturated heterocycles. The Morgan fingerprint density at radius 1 is 1.43 bits per heavy atom. The van der Waals surface area contributed by atoms with Crippen LogP contribution in [0.2, 0.25) is 0 Å². The monoisotopic (exact) mass is 203 g/mol. The first kappa shape index (κ1) is 13.4. The van der Waals surface area contributed by atoms with E-state index in [0.717, 1.165) is 0 Å². The molecule has 0 aromatic heterocycles. The SMILES string of the molecule is CC(C)NC(C)C.O=C(O)C[C@@H]1CO1. The second-order valence-corrected chi connectivity index (χ2v) is 4.03. The van der Waals surface area contributed by atoms with Crippen LogP contribution in [0.3, 0.4) is 0 Å². The Hall–Kier alpha value is -0.610. The molecule has 84 valence electrons. The molecule has 1 heterocycles. The van der Waals surface area contributed by atoms with Crippen LogP contribution in [0.4, 0.5) is 0 Å². The van der Waals surface area contributed by atoms with Crippen LogP contribution in [0.25, 0.3) is 0 Å². The van der Waals surface area contributed by atoms with Crippen LogP contribution in [0.1, 0.15) is 34.1 Å². The lowest BCUT2D eigenvalue weighted by atomic mass is 10.3. The van der Waals surface area contributed by atoms with E-state index in [1.807, 2.05) is 0 Å². The summed E-state index contributed by atoms with van der Waals surface area (Å²) in [6.07, 6.45) is 0.192. The lowest BCUT2D eigenvalue weighted by molar-refractivity contribution is -0.137. The van der Waals surface area contributed by atoms with Gasteiger partial charge in [0.1, 0.15) is 0 Å². The lowest BCUT2D eigenvalue weighted by Gasteiger charge is -2.10. The Kier molecular flexibility index (Phi) is 6.49. The highest BCUT2D eigenvalue weighted by Crippen LogP contribution is 2.12. The Bertz CT molecular complexity index is 159. The number of rotatable bonds is 4. The van der Waals surface area contributed by atoms with Crippen molar-refractivity contribution in [3.8, 4) is 0 Å². The van der Waals surface area contributed by atoms with Gasteiger partial charge < -0.3 is 15.2 Å². The molecule has 0 aliphatic carbocycles. The second-order valence-electron chi connectivity index (χ2n) is 4.03. The van der Waals surface area contributed by atoms with Crippen LogP contribution in [0, 0.1) is 0 Å². The number of epoxide rings is 1. The minimum Gasteiger partial charge on any atom is -0.481 e. The molecule has 0 bridgehead atoms. The van der Waals surface area contributed by atoms with Crippen LogP contribution in [0.5, 0.6) is 0 Å². The van der Waals surface area contributed by atoms with Gasteiger partial charge in [0.15, 0.2) is 0 Å². The predicted molar refractivity (Wildman–Crippen MR) is 55.4 cm³/mol. The topological polar surface area (TPSA) is 61.9 Å². The van der Waals surface area contributed by atoms with Gasteiger partial charge in [0.25, 0.3) is 0 Å². The summed E-state index contributed by atoms with van der Waals surface area (Å²) in [5.74, 6) is -0.775. The highest BCUT2D eigenvalue weighted by atomic mass is 16.6. The normalized spacial score (nSPS) is 19.1. The van der Waals surface area contributed by atoms with Crippen molar-refractivity contribution in [2.75, 3.05) is 6.61 Å². The summed E-state index contributed by atoms with van der Waals surface area (Å²) < 4.78 is 4.64. The van der Waals surface area contributed by atoms with E-state index >= 15 is 0 Å². The summed E-state index contributed by atoms with van der Waals surface area (Å²) >= 11 is 0. The molecule has 1 aliphatic heterocycles. The van der Waals surface area contributed by atoms with Crippen molar-refractivity contribution in [2.45, 2.75) is 52.3 Å². The van der Waals surface area contributed by atoms with Gasteiger partial charge in [-0.1, -0.05) is 27.7 Å². The minimum absolute atomic E-state index is 0.0255. The van der Waals surface area contributed by atoms with E-state index in [1.165, 1.54) is 0 Å². The Morgan fingerprint density at radius 2 is 1.86 bits per heavy atom. The van der Waals surface area contributed by atoms with Crippen molar-refractivity contribution in [2.24, 2.45) is 0 Å². The van der Waals surface area contributed by atoms with Gasteiger partial charge in [-0.15, -0.1) is 0 Å². The summed E-state index contributed by atoms with van der Waals surface area (Å²) in [5, 5.41) is 11.3. The van der Waals surface area contributed by atoms with E-state index in [4.69, 9.17) is 5.11 Å². The van der Waals surface area contributed by atoms with E-state index < -0.39 is 5.97 Å². The van der Waals surface area contributed by atoms with Crippen molar-refractivity contribution in [1.29, 1.82) is 0 Å². The molecule has 1 rings (SSSR count). The number of carboxylic acid groups (broad SMARTS) is 1. The molecule has 0 spiro atoms. The fourth-order valence-electron chi connectivity index (χ4n) is 1.05. The number of hydrogen-bond acceptors (Lipinski definition) is 3. The fraction of sp³-hybridized carbons (Fsp3) is 0.900. The van der Waals surface area contributed by atoms with Crippen LogP contribution >= 0.6 is 0 Å². The van der Waals surface area contributed by atoms with Crippen LogP contribution in [-0.4, -0.2) is 35.9 Å². The first-order chi connectivity index (χ1) is 6.41. The number of ether oxygens (including phenoxy) is 1. The minimum atomic E-state index is -0.775. The third-order valence-corrected chi connectivity index (χ3v) is 1.47. The Morgan fingerprint density at radius 3 is 1.93 bits per heavy atom. The highest BCUT2D eigenvalue weighted by Gasteiger charge is 2.24. The number of carbonyl (C=O) groups is 1. The van der Waals surface area contributed by atoms with Crippen molar-refractivity contribution in [3.05, 3.63) is 0 Å². The van der Waals surface area contributed by atoms with Crippen molar-refractivity contribution < 1.29 is 14.6 Å². The van der Waals surface area contributed by atoms with Crippen LogP contribution in [-0.2, 0) is 9.53 Å². The molecule has 2 N–H and O–H groups in total. The molecular weight excluding hydrogens is 182 g/mol. The summed E-state index contributed by atoms with van der Waals surface area (Å²) in [5.41, 5.74) is 0. The average Bonchev–Trinajstić information content (AvgIpc) is 2.67. The van der Waals surface area contributed by atoms with Crippen molar-refractivity contribution in [1.82, 2.24) is 5.32 Å². The molecular formula is C10H21NO3. The molecule has 1 aliphatic rings. The first-order valence-corrected chi connectivity index (χ1v) is 5.01. The molecule has 0 amide bonds. The van der Waals surface area contributed by atoms with E-state index in [2.05, 4.69) is 37.7 Å². The molecule has 14 heavy (non-hydrogen) atoms. The van der Waals surface area contributed by atoms with Gasteiger partial charge in [-0.25, -0.2) is 0 Å². The predicted octanol–water partition coefficient (Wildman–Crippen LogP) is 1.25. The standard InChI is InChI=1S/C6H15N.C4H6O3/c1-5(2)7-6(3)4;5-4(6)1-3-2-7-3/h5-7H,1-4H3;3H,1-2H2,(H,5,6)/t;3-/m.1/s1. The highest BCUT2D eigenvalue weighted by molar-refractivity contribution is 5.67. The van der Waals surface area contributed by atoms with Gasteiger partial charge in [0.05, 0.1) is 19.1 Å². The largest absolute Gasteiger partial charge is 0.481 e. The van der Waals surface area contributed by atoms with Crippen molar-refractivity contribution in [3.63, 3.8) is 0 Å². The molecule has 4 nitrogen and oxygen atoms in total. The second kappa shape index (κ2) is 6.79. The van der Waals surface area contributed by atoms with Gasteiger partial charge in [-0.05, 0) is 0 Å². The molecule has 0 aromatic rings. The Labute approximate surface area is 85.6 Å². The van der Waals surface area contributed by atoms with E-state index in [9.17, 15) is 4.79 Å². The number of aliphatic carboxylic acids is 1. The summed E-state index contributed by atoms with van der Waals surface area (Å²) in [4.78, 5) is 9.77. The molecule has 1 fully saturated rings. The van der Waals surface area contributed by atoms with Gasteiger partial charge >= 0.3 is 5.97 Å². The number of hydrogen-bond donors (Lipinski definition) is 2. The smallest absolute Gasteiger partial charge is 0.306 e. The zero-order valence-electron chi connectivity index (χ0n) is 9.41. The quantitative estimate of drug-likeness (QED) is 0.675. The maximum absolute atomic E-state index is 9.77. The van der Waals surface area contributed by atoms with E-state index in [1.54, 1.807) is 0 Å². The molecule has 0 aromatic carbocycles. The van der Waals surface area contributed by atoms with E-state index in [-0.39, 0.29) is 12.5 Å². The molecule has 4 heteroatoms. The average molecular weight is 203 g/mol. The molecule has 0 saturated carbocycles. The maximum atomic E-state index is 9.77. The fourth-order valence-corrected chi connectivity index (χ4v) is 1.05. The lowest BCUT2D eigenvalue weighted by Crippen LogP contribution is -2.29.